The third-order valence-electron chi connectivity index (χ3n) is 3.03. The van der Waals surface area contributed by atoms with Crippen LogP contribution in [-0.2, 0) is 4.43 Å². The van der Waals surface area contributed by atoms with E-state index in [1.807, 2.05) is 6.92 Å². The van der Waals surface area contributed by atoms with Crippen LogP contribution < -0.4 is 5.73 Å². The van der Waals surface area contributed by atoms with Gasteiger partial charge in [0.05, 0.1) is 6.10 Å². The molecule has 0 bridgehead atoms. The maximum absolute atomic E-state index is 6.08. The third-order valence-corrected chi connectivity index (χ3v) is 7.60. The molecule has 0 fully saturated rings. The lowest BCUT2D eigenvalue weighted by atomic mass is 10.2. The van der Waals surface area contributed by atoms with E-state index in [4.69, 9.17) is 10.2 Å². The molecule has 2 atom stereocenters. The van der Waals surface area contributed by atoms with Gasteiger partial charge < -0.3 is 10.2 Å². The maximum Gasteiger partial charge on any atom is 0.192 e. The zero-order valence-corrected chi connectivity index (χ0v) is 11.1. The van der Waals surface area contributed by atoms with E-state index in [9.17, 15) is 0 Å². The quantitative estimate of drug-likeness (QED) is 0.716. The van der Waals surface area contributed by atoms with Gasteiger partial charge in [0.2, 0.25) is 0 Å². The Morgan fingerprint density at radius 3 is 1.77 bits per heavy atom. The van der Waals surface area contributed by atoms with Crippen LogP contribution in [0.2, 0.25) is 18.1 Å². The number of nitrogens with two attached hydrogens (primary N) is 1. The lowest BCUT2D eigenvalue weighted by molar-refractivity contribution is 0.176. The summed E-state index contributed by atoms with van der Waals surface area (Å²) in [5.41, 5.74) is 5.78. The average Bonchev–Trinajstić information content (AvgIpc) is 1.83. The van der Waals surface area contributed by atoms with E-state index in [1.165, 1.54) is 0 Å². The molecule has 3 heteroatoms. The first-order valence-electron chi connectivity index (χ1n) is 5.01. The van der Waals surface area contributed by atoms with Crippen LogP contribution >= 0.6 is 0 Å². The largest absolute Gasteiger partial charge is 0.413 e. The van der Waals surface area contributed by atoms with Gasteiger partial charge in [-0.1, -0.05) is 20.8 Å². The standard InChI is InChI=1S/C10H25NOSi/c1-8(11)9(2)12-13(6,7)10(3,4)5/h8-9H,11H2,1-7H3. The van der Waals surface area contributed by atoms with E-state index in [0.29, 0.717) is 0 Å². The molecule has 0 amide bonds. The average molecular weight is 203 g/mol. The first-order valence-corrected chi connectivity index (χ1v) is 7.92. The van der Waals surface area contributed by atoms with E-state index in [0.717, 1.165) is 0 Å². The lowest BCUT2D eigenvalue weighted by Crippen LogP contribution is -2.47. The van der Waals surface area contributed by atoms with E-state index in [-0.39, 0.29) is 17.2 Å². The lowest BCUT2D eigenvalue weighted by Gasteiger charge is -2.39. The van der Waals surface area contributed by atoms with E-state index in [2.05, 4.69) is 40.8 Å². The molecule has 80 valence electrons. The monoisotopic (exact) mass is 203 g/mol. The molecular weight excluding hydrogens is 178 g/mol. The van der Waals surface area contributed by atoms with Crippen LogP contribution in [0.4, 0.5) is 0 Å². The fourth-order valence-electron chi connectivity index (χ4n) is 0.749. The molecule has 0 aromatic rings. The molecule has 13 heavy (non-hydrogen) atoms. The minimum Gasteiger partial charge on any atom is -0.413 e. The van der Waals surface area contributed by atoms with Gasteiger partial charge in [-0.25, -0.2) is 0 Å². The van der Waals surface area contributed by atoms with Crippen molar-refractivity contribution in [3.05, 3.63) is 0 Å². The number of hydrogen-bond acceptors (Lipinski definition) is 2. The van der Waals surface area contributed by atoms with Crippen molar-refractivity contribution in [1.29, 1.82) is 0 Å². The van der Waals surface area contributed by atoms with Gasteiger partial charge in [0.1, 0.15) is 0 Å². The van der Waals surface area contributed by atoms with Crippen molar-refractivity contribution in [1.82, 2.24) is 0 Å². The Morgan fingerprint density at radius 1 is 1.15 bits per heavy atom. The normalized spacial score (nSPS) is 18.5. The Balaban J connectivity index is 4.34. The summed E-state index contributed by atoms with van der Waals surface area (Å²) in [6.07, 6.45) is 0.167. The van der Waals surface area contributed by atoms with Gasteiger partial charge in [0.25, 0.3) is 0 Å². The molecule has 2 N–H and O–H groups in total. The molecule has 0 saturated carbocycles. The zero-order valence-electron chi connectivity index (χ0n) is 10.1. The Labute approximate surface area is 84.0 Å². The second kappa shape index (κ2) is 4.11. The van der Waals surface area contributed by atoms with Crippen LogP contribution in [0.15, 0.2) is 0 Å². The van der Waals surface area contributed by atoms with E-state index >= 15 is 0 Å². The predicted molar refractivity (Wildman–Crippen MR) is 61.4 cm³/mol. The van der Waals surface area contributed by atoms with Crippen molar-refractivity contribution < 1.29 is 4.43 Å². The summed E-state index contributed by atoms with van der Waals surface area (Å²) in [7, 11) is -1.61. The summed E-state index contributed by atoms with van der Waals surface area (Å²) >= 11 is 0. The fraction of sp³-hybridized carbons (Fsp3) is 1.00. The second-order valence-electron chi connectivity index (χ2n) is 5.44. The van der Waals surface area contributed by atoms with Gasteiger partial charge in [-0.2, -0.15) is 0 Å². The SMILES string of the molecule is CC(N)C(C)O[Si](C)(C)C(C)(C)C. The summed E-state index contributed by atoms with van der Waals surface area (Å²) in [6, 6.07) is 0.120. The molecule has 2 nitrogen and oxygen atoms in total. The number of rotatable bonds is 3. The molecular formula is C10H25NOSi. The van der Waals surface area contributed by atoms with Crippen molar-refractivity contribution in [2.24, 2.45) is 5.73 Å². The van der Waals surface area contributed by atoms with Crippen molar-refractivity contribution >= 4 is 8.32 Å². The summed E-state index contributed by atoms with van der Waals surface area (Å²) in [5, 5.41) is 0.274. The minimum atomic E-state index is -1.61. The Hall–Kier alpha value is 0.137. The van der Waals surface area contributed by atoms with Gasteiger partial charge in [-0.05, 0) is 32.0 Å². The molecule has 0 aliphatic carbocycles. The third kappa shape index (κ3) is 3.79. The van der Waals surface area contributed by atoms with Crippen LogP contribution in [0, 0.1) is 0 Å². The molecule has 0 aromatic heterocycles. The molecule has 0 radical (unpaired) electrons. The molecule has 2 unspecified atom stereocenters. The fourth-order valence-corrected chi connectivity index (χ4v) is 2.25. The highest BCUT2D eigenvalue weighted by molar-refractivity contribution is 6.74. The summed E-state index contributed by atoms with van der Waals surface area (Å²) in [4.78, 5) is 0. The van der Waals surface area contributed by atoms with Gasteiger partial charge in [0.15, 0.2) is 8.32 Å². The van der Waals surface area contributed by atoms with Gasteiger partial charge >= 0.3 is 0 Å². The second-order valence-corrected chi connectivity index (χ2v) is 10.2. The Bertz CT molecular complexity index is 161. The number of hydrogen-bond donors (Lipinski definition) is 1. The molecule has 0 spiro atoms. The van der Waals surface area contributed by atoms with Gasteiger partial charge in [-0.3, -0.25) is 0 Å². The van der Waals surface area contributed by atoms with Crippen LogP contribution in [-0.4, -0.2) is 20.5 Å². The van der Waals surface area contributed by atoms with E-state index in [1.54, 1.807) is 0 Å². The minimum absolute atomic E-state index is 0.120. The summed E-state index contributed by atoms with van der Waals surface area (Å²) < 4.78 is 6.08. The Kier molecular flexibility index (Phi) is 4.15. The molecule has 0 rings (SSSR count). The van der Waals surface area contributed by atoms with Crippen molar-refractivity contribution in [3.63, 3.8) is 0 Å². The highest BCUT2D eigenvalue weighted by Crippen LogP contribution is 2.37. The van der Waals surface area contributed by atoms with Crippen LogP contribution in [0.1, 0.15) is 34.6 Å². The van der Waals surface area contributed by atoms with Gasteiger partial charge in [0, 0.05) is 6.04 Å². The summed E-state index contributed by atoms with van der Waals surface area (Å²) in [6.45, 7) is 15.3. The first kappa shape index (κ1) is 13.1. The molecule has 0 aliphatic heterocycles. The maximum atomic E-state index is 6.08. The molecule has 0 aliphatic rings. The van der Waals surface area contributed by atoms with Crippen LogP contribution in [0.25, 0.3) is 0 Å². The molecule has 0 aromatic carbocycles. The topological polar surface area (TPSA) is 35.2 Å². The van der Waals surface area contributed by atoms with E-state index < -0.39 is 8.32 Å². The molecule has 0 saturated heterocycles. The summed E-state index contributed by atoms with van der Waals surface area (Å²) in [5.74, 6) is 0. The zero-order chi connectivity index (χ0) is 10.9. The van der Waals surface area contributed by atoms with Crippen molar-refractivity contribution in [2.45, 2.75) is 64.9 Å². The van der Waals surface area contributed by atoms with Crippen molar-refractivity contribution in [3.8, 4) is 0 Å². The highest BCUT2D eigenvalue weighted by atomic mass is 28.4. The van der Waals surface area contributed by atoms with Crippen molar-refractivity contribution in [2.75, 3.05) is 0 Å². The predicted octanol–water partition coefficient (Wildman–Crippen LogP) is 2.74. The van der Waals surface area contributed by atoms with Crippen LogP contribution in [0.3, 0.4) is 0 Å². The van der Waals surface area contributed by atoms with Gasteiger partial charge in [-0.15, -0.1) is 0 Å². The molecule has 0 heterocycles. The highest BCUT2D eigenvalue weighted by Gasteiger charge is 2.38. The first-order chi connectivity index (χ1) is 5.58. The Morgan fingerprint density at radius 2 is 1.54 bits per heavy atom. The smallest absolute Gasteiger partial charge is 0.192 e. The van der Waals surface area contributed by atoms with Crippen LogP contribution in [0.5, 0.6) is 0 Å².